The normalized spacial score (nSPS) is 10.7. The number of rotatable bonds is 2. The van der Waals surface area contributed by atoms with Crippen LogP contribution in [0.15, 0.2) is 41.2 Å². The van der Waals surface area contributed by atoms with Crippen LogP contribution >= 0.6 is 0 Å². The molecule has 1 aromatic heterocycles. The number of nitrogens with one attached hydrogen (secondary N) is 1. The number of aromatic nitrogens is 1. The molecular formula is C18H13FN2O2. The van der Waals surface area contributed by atoms with Crippen LogP contribution in [0.3, 0.4) is 0 Å². The Morgan fingerprint density at radius 1 is 1.22 bits per heavy atom. The van der Waals surface area contributed by atoms with Gasteiger partial charge in [0.05, 0.1) is 17.1 Å². The minimum Gasteiger partial charge on any atom is -0.507 e. The van der Waals surface area contributed by atoms with Crippen molar-refractivity contribution >= 4 is 10.9 Å². The maximum Gasteiger partial charge on any atom is 0.252 e. The molecule has 2 aromatic carbocycles. The van der Waals surface area contributed by atoms with Crippen molar-refractivity contribution in [2.24, 2.45) is 0 Å². The molecule has 0 amide bonds. The predicted octanol–water partition coefficient (Wildman–Crippen LogP) is 3.14. The lowest BCUT2D eigenvalue weighted by molar-refractivity contribution is 0.479. The Balaban J connectivity index is 2.16. The molecule has 23 heavy (non-hydrogen) atoms. The van der Waals surface area contributed by atoms with E-state index in [1.54, 1.807) is 31.2 Å². The zero-order valence-corrected chi connectivity index (χ0v) is 12.4. The first kappa shape index (κ1) is 14.8. The largest absolute Gasteiger partial charge is 0.507 e. The van der Waals surface area contributed by atoms with Gasteiger partial charge in [-0.25, -0.2) is 4.39 Å². The Bertz CT molecular complexity index is 999. The van der Waals surface area contributed by atoms with Gasteiger partial charge in [-0.3, -0.25) is 4.79 Å². The molecule has 0 saturated carbocycles. The fourth-order valence-corrected chi connectivity index (χ4v) is 2.69. The third-order valence-electron chi connectivity index (χ3n) is 3.94. The summed E-state index contributed by atoms with van der Waals surface area (Å²) in [6.07, 6.45) is 0.332. The van der Waals surface area contributed by atoms with E-state index in [9.17, 15) is 14.3 Å². The molecule has 5 heteroatoms. The number of hydrogen-bond acceptors (Lipinski definition) is 3. The lowest BCUT2D eigenvalue weighted by Crippen LogP contribution is -2.16. The van der Waals surface area contributed by atoms with Crippen LogP contribution < -0.4 is 5.56 Å². The van der Waals surface area contributed by atoms with Crippen LogP contribution in [0.4, 0.5) is 4.39 Å². The molecule has 3 rings (SSSR count). The number of phenols is 1. The second-order valence-electron chi connectivity index (χ2n) is 5.36. The van der Waals surface area contributed by atoms with Gasteiger partial charge in [-0.1, -0.05) is 12.1 Å². The lowest BCUT2D eigenvalue weighted by Gasteiger charge is -2.11. The maximum absolute atomic E-state index is 13.9. The van der Waals surface area contributed by atoms with Gasteiger partial charge in [0.2, 0.25) is 0 Å². The quantitative estimate of drug-likeness (QED) is 0.763. The van der Waals surface area contributed by atoms with Gasteiger partial charge >= 0.3 is 0 Å². The number of benzene rings is 2. The van der Waals surface area contributed by atoms with E-state index in [1.165, 1.54) is 6.07 Å². The first-order chi connectivity index (χ1) is 11.0. The van der Waals surface area contributed by atoms with Crippen molar-refractivity contribution < 1.29 is 9.50 Å². The fourth-order valence-electron chi connectivity index (χ4n) is 2.69. The Morgan fingerprint density at radius 3 is 2.57 bits per heavy atom. The van der Waals surface area contributed by atoms with Crippen molar-refractivity contribution in [3.63, 3.8) is 0 Å². The minimum absolute atomic E-state index is 0.0103. The molecule has 0 aliphatic carbocycles. The monoisotopic (exact) mass is 308 g/mol. The van der Waals surface area contributed by atoms with Crippen LogP contribution in [0, 0.1) is 24.1 Å². The summed E-state index contributed by atoms with van der Waals surface area (Å²) < 4.78 is 13.9. The van der Waals surface area contributed by atoms with Crippen LogP contribution in [0.2, 0.25) is 0 Å². The van der Waals surface area contributed by atoms with Gasteiger partial charge in [-0.15, -0.1) is 0 Å². The van der Waals surface area contributed by atoms with Crippen molar-refractivity contribution in [1.82, 2.24) is 4.98 Å². The van der Waals surface area contributed by atoms with Crippen LogP contribution in [0.1, 0.15) is 22.3 Å². The van der Waals surface area contributed by atoms with E-state index in [0.717, 1.165) is 11.6 Å². The Hall–Kier alpha value is -3.13. The van der Waals surface area contributed by atoms with Gasteiger partial charge in [0, 0.05) is 17.4 Å². The number of nitriles is 1. The van der Waals surface area contributed by atoms with Crippen LogP contribution in [0.25, 0.3) is 10.9 Å². The third kappa shape index (κ3) is 2.55. The van der Waals surface area contributed by atoms with Crippen LogP contribution in [-0.2, 0) is 6.42 Å². The number of pyridine rings is 1. The zero-order valence-electron chi connectivity index (χ0n) is 12.4. The Morgan fingerprint density at radius 2 is 1.91 bits per heavy atom. The highest BCUT2D eigenvalue weighted by atomic mass is 19.1. The van der Waals surface area contributed by atoms with E-state index >= 15 is 0 Å². The average molecular weight is 308 g/mol. The smallest absolute Gasteiger partial charge is 0.252 e. The summed E-state index contributed by atoms with van der Waals surface area (Å²) in [4.78, 5) is 14.8. The second kappa shape index (κ2) is 5.58. The van der Waals surface area contributed by atoms with Gasteiger partial charge in [0.15, 0.2) is 0 Å². The Labute approximate surface area is 131 Å². The molecule has 0 unspecified atom stereocenters. The van der Waals surface area contributed by atoms with Crippen molar-refractivity contribution in [3.05, 3.63) is 74.8 Å². The molecule has 114 valence electrons. The maximum atomic E-state index is 13.9. The number of fused-ring (bicyclic) bond motifs is 1. The highest BCUT2D eigenvalue weighted by Gasteiger charge is 2.15. The van der Waals surface area contributed by atoms with Gasteiger partial charge in [-0.2, -0.15) is 5.26 Å². The third-order valence-corrected chi connectivity index (χ3v) is 3.94. The number of nitrogens with zero attached hydrogens (tertiary/aromatic N) is 1. The van der Waals surface area contributed by atoms with Crippen molar-refractivity contribution in [2.45, 2.75) is 13.3 Å². The number of halogens is 1. The predicted molar refractivity (Wildman–Crippen MR) is 84.9 cm³/mol. The first-order valence-electron chi connectivity index (χ1n) is 7.03. The average Bonchev–Trinajstić information content (AvgIpc) is 2.55. The van der Waals surface area contributed by atoms with Crippen LogP contribution in [0.5, 0.6) is 5.75 Å². The summed E-state index contributed by atoms with van der Waals surface area (Å²) in [7, 11) is 0. The summed E-state index contributed by atoms with van der Waals surface area (Å²) in [5.41, 5.74) is 2.03. The number of phenolic OH excluding ortho intramolecular Hbond substituents is 1. The van der Waals surface area contributed by atoms with Gasteiger partial charge in [-0.05, 0) is 42.3 Å². The van der Waals surface area contributed by atoms with Crippen molar-refractivity contribution in [2.75, 3.05) is 0 Å². The summed E-state index contributed by atoms with van der Waals surface area (Å²) in [5, 5.41) is 19.1. The molecule has 0 spiro atoms. The van der Waals surface area contributed by atoms with Crippen molar-refractivity contribution in [1.29, 1.82) is 5.26 Å². The van der Waals surface area contributed by atoms with Crippen LogP contribution in [-0.4, -0.2) is 10.1 Å². The van der Waals surface area contributed by atoms with Gasteiger partial charge in [0.1, 0.15) is 11.6 Å². The minimum atomic E-state index is -0.581. The number of aromatic hydroxyl groups is 1. The van der Waals surface area contributed by atoms with E-state index in [2.05, 4.69) is 4.98 Å². The van der Waals surface area contributed by atoms with E-state index in [1.807, 2.05) is 6.07 Å². The molecular weight excluding hydrogens is 295 g/mol. The number of hydrogen-bond donors (Lipinski definition) is 2. The molecule has 3 aromatic rings. The molecule has 0 aliphatic rings. The summed E-state index contributed by atoms with van der Waals surface area (Å²) >= 11 is 0. The molecule has 1 heterocycles. The lowest BCUT2D eigenvalue weighted by atomic mass is 9.97. The first-order valence-corrected chi connectivity index (χ1v) is 7.03. The molecule has 0 bridgehead atoms. The number of aryl methyl sites for hydroxylation is 1. The van der Waals surface area contributed by atoms with E-state index < -0.39 is 5.82 Å². The summed E-state index contributed by atoms with van der Waals surface area (Å²) in [6, 6.07) is 11.3. The molecule has 0 radical (unpaired) electrons. The molecule has 2 N–H and O–H groups in total. The zero-order chi connectivity index (χ0) is 16.6. The van der Waals surface area contributed by atoms with Crippen molar-refractivity contribution in [3.8, 4) is 11.8 Å². The van der Waals surface area contributed by atoms with E-state index in [4.69, 9.17) is 5.26 Å². The topological polar surface area (TPSA) is 76.9 Å². The second-order valence-corrected chi connectivity index (χ2v) is 5.36. The van der Waals surface area contributed by atoms with E-state index in [0.29, 0.717) is 28.5 Å². The summed E-state index contributed by atoms with van der Waals surface area (Å²) in [6.45, 7) is 1.69. The fraction of sp³-hybridized carbons (Fsp3) is 0.111. The highest BCUT2D eigenvalue weighted by Crippen LogP contribution is 2.29. The van der Waals surface area contributed by atoms with Gasteiger partial charge < -0.3 is 10.1 Å². The van der Waals surface area contributed by atoms with E-state index in [-0.39, 0.29) is 16.8 Å². The molecule has 4 nitrogen and oxygen atoms in total. The number of aromatic amines is 1. The molecule has 0 atom stereocenters. The SMILES string of the molecule is Cc1c(Cc2ccc(C#N)cc2)c(=O)[nH]c2c(F)ccc(O)c12. The standard InChI is InChI=1S/C18H13FN2O2/c1-10-13(8-11-2-4-12(9-20)5-3-11)18(23)21-17-14(19)6-7-15(22)16(10)17/h2-7,22H,8H2,1H3,(H,21,23). The molecule has 0 fully saturated rings. The molecule has 0 saturated heterocycles. The van der Waals surface area contributed by atoms with Gasteiger partial charge in [0.25, 0.3) is 5.56 Å². The summed E-state index contributed by atoms with van der Waals surface area (Å²) in [5.74, 6) is -0.654. The highest BCUT2D eigenvalue weighted by molar-refractivity contribution is 5.89. The number of H-pyrrole nitrogens is 1. The molecule has 0 aliphatic heterocycles. The Kier molecular flexibility index (Phi) is 3.59.